The van der Waals surface area contributed by atoms with Crippen molar-refractivity contribution in [2.45, 2.75) is 96.0 Å². The van der Waals surface area contributed by atoms with Gasteiger partial charge in [0.1, 0.15) is 34.7 Å². The van der Waals surface area contributed by atoms with Crippen LogP contribution in [0.5, 0.6) is 17.2 Å². The Kier molecular flexibility index (Phi) is 9.64. The molecule has 0 amide bonds. The number of piperidine rings is 1. The number of methoxy groups -OCH3 is 1. The number of aliphatic hydroxyl groups excluding tert-OH is 1. The maximum atomic E-state index is 13.5. The van der Waals surface area contributed by atoms with Crippen molar-refractivity contribution in [3.05, 3.63) is 67.9 Å². The summed E-state index contributed by atoms with van der Waals surface area (Å²) in [5.41, 5.74) is 2.19. The number of nitrogens with one attached hydrogen (secondary N) is 1. The number of aldehydes is 1. The van der Waals surface area contributed by atoms with Gasteiger partial charge in [0.05, 0.1) is 48.9 Å². The van der Waals surface area contributed by atoms with E-state index < -0.39 is 30.2 Å². The molecule has 11 nitrogen and oxygen atoms in total. The SMILES string of the molecule is CCOC(=O)C1=C(C=O)C(=C2CCC(=O)[C@@H](c3ccc4c(c3)=CCN=4)C2)c2c(OC)c3c(c(CO)c2O1)O[C@H]([C@](C)(O)[C@@H]1CCN[C@H](CC)C1)C3. The monoisotopic (exact) mass is 698 g/mol. The van der Waals surface area contributed by atoms with Crippen molar-refractivity contribution in [3.8, 4) is 17.2 Å². The lowest BCUT2D eigenvalue weighted by molar-refractivity contribution is -0.141. The van der Waals surface area contributed by atoms with E-state index in [1.165, 1.54) is 7.11 Å². The smallest absolute Gasteiger partial charge is 0.375 e. The molecule has 2 aromatic carbocycles. The maximum absolute atomic E-state index is 13.5. The molecule has 270 valence electrons. The lowest BCUT2D eigenvalue weighted by atomic mass is 9.74. The second kappa shape index (κ2) is 14.0. The van der Waals surface area contributed by atoms with E-state index in [2.05, 4.69) is 17.2 Å². The van der Waals surface area contributed by atoms with Crippen LogP contribution in [0.3, 0.4) is 0 Å². The number of carbonyl (C=O) groups excluding carboxylic acids is 3. The van der Waals surface area contributed by atoms with Gasteiger partial charge in [-0.05, 0) is 81.3 Å². The molecule has 0 unspecified atom stereocenters. The Balaban J connectivity index is 1.39. The first kappa shape index (κ1) is 35.1. The predicted octanol–water partition coefficient (Wildman–Crippen LogP) is 3.13. The summed E-state index contributed by atoms with van der Waals surface area (Å²) < 4.78 is 24.3. The highest BCUT2D eigenvalue weighted by Crippen LogP contribution is 2.56. The Labute approximate surface area is 297 Å². The van der Waals surface area contributed by atoms with Gasteiger partial charge in [0.25, 0.3) is 0 Å². The van der Waals surface area contributed by atoms with Gasteiger partial charge in [-0.15, -0.1) is 0 Å². The molecule has 4 aliphatic heterocycles. The van der Waals surface area contributed by atoms with E-state index >= 15 is 0 Å². The number of allylic oxidation sites excluding steroid dienone is 3. The van der Waals surface area contributed by atoms with Gasteiger partial charge in [0, 0.05) is 35.9 Å². The fourth-order valence-electron chi connectivity index (χ4n) is 8.65. The highest BCUT2D eigenvalue weighted by molar-refractivity contribution is 6.11. The number of Topliss-reactive ketones (excluding diaryl/α,β-unsaturated/α-hetero) is 1. The zero-order valence-corrected chi connectivity index (χ0v) is 29.7. The number of rotatable bonds is 9. The lowest BCUT2D eigenvalue weighted by Crippen LogP contribution is -2.53. The van der Waals surface area contributed by atoms with Crippen molar-refractivity contribution >= 4 is 29.7 Å². The van der Waals surface area contributed by atoms with Crippen LogP contribution in [-0.4, -0.2) is 72.8 Å². The summed E-state index contributed by atoms with van der Waals surface area (Å²) in [5.74, 6) is -0.729. The minimum atomic E-state index is -1.21. The predicted molar refractivity (Wildman–Crippen MR) is 188 cm³/mol. The standard InChI is InChI=1S/C40H46N2O9/c1-5-25-17-24(12-14-41-25)40(3,47)32-18-27-35(50-32)29(20-44)37-34(36(27)48-4)33(28(19-43)38(51-37)39(46)49-6-2)23-8-10-31(45)26(16-23)21-7-9-30-22(15-21)11-13-42-30/h7,9,11,15,19,24-26,32,41,44,47H,5-6,8,10,12-14,16-18,20H2,1-4H3/t24-,25-,26-,32+,40-/m1/s1. The fourth-order valence-corrected chi connectivity index (χ4v) is 8.65. The molecule has 3 N–H and O–H groups in total. The Hall–Kier alpha value is -4.32. The number of hydrogen-bond donors (Lipinski definition) is 3. The second-order valence-corrected chi connectivity index (χ2v) is 14.2. The quantitative estimate of drug-likeness (QED) is 0.263. The molecular formula is C40H46N2O9. The van der Waals surface area contributed by atoms with Gasteiger partial charge in [-0.1, -0.05) is 24.6 Å². The number of benzene rings is 2. The third kappa shape index (κ3) is 5.98. The lowest BCUT2D eigenvalue weighted by Gasteiger charge is -2.41. The first-order chi connectivity index (χ1) is 24.6. The number of nitrogens with zero attached hydrogens (tertiary/aromatic N) is 1. The average molecular weight is 699 g/mol. The molecule has 1 saturated carbocycles. The Bertz CT molecular complexity index is 1980. The van der Waals surface area contributed by atoms with Crippen molar-refractivity contribution in [1.82, 2.24) is 5.32 Å². The van der Waals surface area contributed by atoms with E-state index in [0.29, 0.717) is 59.9 Å². The van der Waals surface area contributed by atoms with E-state index in [1.807, 2.05) is 31.2 Å². The molecule has 1 saturated heterocycles. The van der Waals surface area contributed by atoms with Crippen LogP contribution in [0.1, 0.15) is 87.5 Å². The third-order valence-electron chi connectivity index (χ3n) is 11.5. The van der Waals surface area contributed by atoms with Crippen molar-refractivity contribution < 1.29 is 43.5 Å². The van der Waals surface area contributed by atoms with Gasteiger partial charge < -0.3 is 34.5 Å². The van der Waals surface area contributed by atoms with E-state index in [1.54, 1.807) is 6.92 Å². The second-order valence-electron chi connectivity index (χ2n) is 14.2. The van der Waals surface area contributed by atoms with Gasteiger partial charge in [-0.2, -0.15) is 0 Å². The summed E-state index contributed by atoms with van der Waals surface area (Å²) in [6.45, 7) is 6.53. The van der Waals surface area contributed by atoms with Gasteiger partial charge in [-0.25, -0.2) is 4.79 Å². The summed E-state index contributed by atoms with van der Waals surface area (Å²) in [7, 11) is 1.52. The van der Waals surface area contributed by atoms with Gasteiger partial charge >= 0.3 is 5.97 Å². The van der Waals surface area contributed by atoms with Gasteiger partial charge in [-0.3, -0.25) is 14.6 Å². The largest absolute Gasteiger partial charge is 0.496 e. The number of aliphatic hydroxyl groups is 2. The molecular weight excluding hydrogens is 652 g/mol. The van der Waals surface area contributed by atoms with E-state index in [-0.39, 0.29) is 53.8 Å². The summed E-state index contributed by atoms with van der Waals surface area (Å²) >= 11 is 0. The van der Waals surface area contributed by atoms with Crippen LogP contribution in [0, 0.1) is 5.92 Å². The van der Waals surface area contributed by atoms with Crippen LogP contribution in [0.2, 0.25) is 0 Å². The van der Waals surface area contributed by atoms with Crippen LogP contribution >= 0.6 is 0 Å². The molecule has 2 aromatic rings. The molecule has 1 aliphatic carbocycles. The number of ketones is 1. The Morgan fingerprint density at radius 3 is 2.75 bits per heavy atom. The Morgan fingerprint density at radius 1 is 1.20 bits per heavy atom. The number of fused-ring (bicyclic) bond motifs is 3. The van der Waals surface area contributed by atoms with Crippen LogP contribution < -0.4 is 30.1 Å². The zero-order chi connectivity index (χ0) is 36.0. The fraction of sp³-hybridized carbons (Fsp3) is 0.500. The molecule has 2 fully saturated rings. The van der Waals surface area contributed by atoms with E-state index in [9.17, 15) is 24.6 Å². The Morgan fingerprint density at radius 2 is 2.02 bits per heavy atom. The molecule has 51 heavy (non-hydrogen) atoms. The number of ether oxygens (including phenoxy) is 4. The van der Waals surface area contributed by atoms with Crippen LogP contribution in [-0.2, 0) is 32.1 Å². The molecule has 0 radical (unpaired) electrons. The number of esters is 1. The number of hydrogen-bond acceptors (Lipinski definition) is 11. The van der Waals surface area contributed by atoms with E-state index in [0.717, 1.165) is 47.5 Å². The molecule has 0 spiro atoms. The van der Waals surface area contributed by atoms with Crippen molar-refractivity contribution in [1.29, 1.82) is 0 Å². The average Bonchev–Trinajstić information content (AvgIpc) is 3.81. The maximum Gasteiger partial charge on any atom is 0.375 e. The molecule has 5 aliphatic rings. The minimum Gasteiger partial charge on any atom is -0.496 e. The normalized spacial score (nSPS) is 26.4. The molecule has 11 heteroatoms. The molecule has 7 rings (SSSR count). The molecule has 0 aromatic heterocycles. The topological polar surface area (TPSA) is 153 Å². The molecule has 5 atom stereocenters. The van der Waals surface area contributed by atoms with Crippen LogP contribution in [0.4, 0.5) is 0 Å². The van der Waals surface area contributed by atoms with Crippen LogP contribution in [0.15, 0.2) is 40.1 Å². The van der Waals surface area contributed by atoms with Crippen molar-refractivity contribution in [2.24, 2.45) is 10.9 Å². The summed E-state index contributed by atoms with van der Waals surface area (Å²) in [6, 6.07) is 6.16. The summed E-state index contributed by atoms with van der Waals surface area (Å²) in [6.07, 6.45) is 5.66. The van der Waals surface area contributed by atoms with E-state index in [4.69, 9.17) is 18.9 Å². The zero-order valence-electron chi connectivity index (χ0n) is 29.7. The number of carbonyl (C=O) groups is 3. The first-order valence-electron chi connectivity index (χ1n) is 18.1. The highest BCUT2D eigenvalue weighted by atomic mass is 16.6. The third-order valence-corrected chi connectivity index (χ3v) is 11.5. The van der Waals surface area contributed by atoms with Crippen LogP contribution in [0.25, 0.3) is 11.6 Å². The summed E-state index contributed by atoms with van der Waals surface area (Å²) in [4.78, 5) is 44.5. The van der Waals surface area contributed by atoms with Gasteiger partial charge in [0.2, 0.25) is 5.76 Å². The highest BCUT2D eigenvalue weighted by Gasteiger charge is 2.49. The summed E-state index contributed by atoms with van der Waals surface area (Å²) in [5, 5.41) is 28.4. The molecule has 4 heterocycles. The van der Waals surface area contributed by atoms with Gasteiger partial charge in [0.15, 0.2) is 6.29 Å². The minimum absolute atomic E-state index is 0.00458. The van der Waals surface area contributed by atoms with Crippen molar-refractivity contribution in [2.75, 3.05) is 26.8 Å². The van der Waals surface area contributed by atoms with Crippen molar-refractivity contribution in [3.63, 3.8) is 0 Å². The molecule has 0 bridgehead atoms. The first-order valence-corrected chi connectivity index (χ1v) is 18.1.